The minimum Gasteiger partial charge on any atom is -0.0885 e. The fourth-order valence-corrected chi connectivity index (χ4v) is 1.72. The molecule has 0 aromatic rings. The standard InChI is InChI=1S/C15H29/c1-3-5-7-9-11-13-15-14-12-10-8-6-4-2/h11,13H,1,3-10,12,14-15H2,2H3. The highest BCUT2D eigenvalue weighted by atomic mass is 13.9. The van der Waals surface area contributed by atoms with Gasteiger partial charge in [-0.2, -0.15) is 0 Å². The molecule has 0 spiro atoms. The summed E-state index contributed by atoms with van der Waals surface area (Å²) >= 11 is 0. The predicted molar refractivity (Wildman–Crippen MR) is 71.0 cm³/mol. The second kappa shape index (κ2) is 13.7. The van der Waals surface area contributed by atoms with Crippen LogP contribution in [0, 0.1) is 6.92 Å². The first-order chi connectivity index (χ1) is 7.41. The summed E-state index contributed by atoms with van der Waals surface area (Å²) in [5.74, 6) is 0. The second-order valence-electron chi connectivity index (χ2n) is 4.38. The first-order valence-corrected chi connectivity index (χ1v) is 6.86. The molecule has 0 saturated carbocycles. The molecule has 0 bridgehead atoms. The average molecular weight is 209 g/mol. The molecule has 0 aliphatic rings. The lowest BCUT2D eigenvalue weighted by molar-refractivity contribution is 0.611. The van der Waals surface area contributed by atoms with Crippen molar-refractivity contribution in [2.24, 2.45) is 0 Å². The molecule has 0 aliphatic carbocycles. The van der Waals surface area contributed by atoms with E-state index in [1.165, 1.54) is 64.2 Å². The number of allylic oxidation sites excluding steroid dienone is 2. The molecule has 1 radical (unpaired) electrons. The highest BCUT2D eigenvalue weighted by Crippen LogP contribution is 2.07. The van der Waals surface area contributed by atoms with Crippen molar-refractivity contribution in [2.45, 2.75) is 77.6 Å². The summed E-state index contributed by atoms with van der Waals surface area (Å²) in [4.78, 5) is 0. The smallest absolute Gasteiger partial charge is 0.0351 e. The molecule has 0 N–H and O–H groups in total. The molecule has 0 aromatic heterocycles. The Bertz CT molecular complexity index is 124. The van der Waals surface area contributed by atoms with Crippen LogP contribution in [0.3, 0.4) is 0 Å². The van der Waals surface area contributed by atoms with Crippen molar-refractivity contribution in [2.75, 3.05) is 0 Å². The molecular formula is C15H29. The van der Waals surface area contributed by atoms with Crippen molar-refractivity contribution >= 4 is 0 Å². The van der Waals surface area contributed by atoms with Crippen LogP contribution in [0.4, 0.5) is 0 Å². The van der Waals surface area contributed by atoms with Gasteiger partial charge in [0.1, 0.15) is 0 Å². The van der Waals surface area contributed by atoms with E-state index < -0.39 is 0 Å². The van der Waals surface area contributed by atoms with Crippen molar-refractivity contribution < 1.29 is 0 Å². The lowest BCUT2D eigenvalue weighted by Crippen LogP contribution is -1.77. The van der Waals surface area contributed by atoms with Crippen LogP contribution in [0.1, 0.15) is 77.6 Å². The van der Waals surface area contributed by atoms with E-state index in [9.17, 15) is 0 Å². The SMILES string of the molecule is [CH2]CCCCC=CCCCCCCCC. The zero-order chi connectivity index (χ0) is 11.2. The first-order valence-electron chi connectivity index (χ1n) is 6.86. The predicted octanol–water partition coefficient (Wildman–Crippen LogP) is 5.69. The molecule has 0 aliphatic heterocycles. The molecular weight excluding hydrogens is 180 g/mol. The molecule has 15 heavy (non-hydrogen) atoms. The van der Waals surface area contributed by atoms with Gasteiger partial charge in [-0.3, -0.25) is 0 Å². The fraction of sp³-hybridized carbons (Fsp3) is 0.800. The minimum atomic E-state index is 1.09. The molecule has 0 rings (SSSR count). The molecule has 0 nitrogen and oxygen atoms in total. The molecule has 89 valence electrons. The van der Waals surface area contributed by atoms with Gasteiger partial charge in [0.25, 0.3) is 0 Å². The van der Waals surface area contributed by atoms with Gasteiger partial charge in [0.15, 0.2) is 0 Å². The normalized spacial score (nSPS) is 11.3. The average Bonchev–Trinajstić information content (AvgIpc) is 2.26. The molecule has 0 heterocycles. The van der Waals surface area contributed by atoms with Crippen LogP contribution in [0.25, 0.3) is 0 Å². The van der Waals surface area contributed by atoms with Crippen LogP contribution in [0.15, 0.2) is 12.2 Å². The van der Waals surface area contributed by atoms with E-state index >= 15 is 0 Å². The topological polar surface area (TPSA) is 0 Å². The van der Waals surface area contributed by atoms with Gasteiger partial charge < -0.3 is 0 Å². The first kappa shape index (κ1) is 14.7. The third-order valence-electron chi connectivity index (χ3n) is 2.76. The summed E-state index contributed by atoms with van der Waals surface area (Å²) in [6, 6.07) is 0. The number of hydrogen-bond acceptors (Lipinski definition) is 0. The maximum Gasteiger partial charge on any atom is -0.0351 e. The summed E-state index contributed by atoms with van der Waals surface area (Å²) in [6.07, 6.45) is 19.4. The molecule has 0 unspecified atom stereocenters. The van der Waals surface area contributed by atoms with E-state index in [1.807, 2.05) is 0 Å². The van der Waals surface area contributed by atoms with Crippen molar-refractivity contribution in [1.82, 2.24) is 0 Å². The number of rotatable bonds is 11. The zero-order valence-electron chi connectivity index (χ0n) is 10.6. The Labute approximate surface area is 97.2 Å². The third kappa shape index (κ3) is 13.7. The summed E-state index contributed by atoms with van der Waals surface area (Å²) < 4.78 is 0. The molecule has 0 atom stereocenters. The van der Waals surface area contributed by atoms with Gasteiger partial charge in [0, 0.05) is 0 Å². The Morgan fingerprint density at radius 3 is 1.87 bits per heavy atom. The molecule has 0 heteroatoms. The van der Waals surface area contributed by atoms with Gasteiger partial charge in [-0.1, -0.05) is 70.9 Å². The molecule has 0 amide bonds. The Kier molecular flexibility index (Phi) is 13.5. The van der Waals surface area contributed by atoms with E-state index in [2.05, 4.69) is 26.0 Å². The van der Waals surface area contributed by atoms with Crippen molar-refractivity contribution in [3.63, 3.8) is 0 Å². The summed E-state index contributed by atoms with van der Waals surface area (Å²) in [5.41, 5.74) is 0. The summed E-state index contributed by atoms with van der Waals surface area (Å²) in [5, 5.41) is 0. The lowest BCUT2D eigenvalue weighted by atomic mass is 10.1. The second-order valence-corrected chi connectivity index (χ2v) is 4.38. The quantitative estimate of drug-likeness (QED) is 0.303. The maximum absolute atomic E-state index is 3.84. The van der Waals surface area contributed by atoms with E-state index in [1.54, 1.807) is 0 Å². The Morgan fingerprint density at radius 1 is 0.733 bits per heavy atom. The van der Waals surface area contributed by atoms with Gasteiger partial charge in [-0.15, -0.1) is 0 Å². The molecule has 0 fully saturated rings. The largest absolute Gasteiger partial charge is 0.0885 e. The van der Waals surface area contributed by atoms with Gasteiger partial charge in [0.2, 0.25) is 0 Å². The summed E-state index contributed by atoms with van der Waals surface area (Å²) in [6.45, 7) is 6.12. The zero-order valence-corrected chi connectivity index (χ0v) is 10.6. The number of unbranched alkanes of at least 4 members (excludes halogenated alkanes) is 9. The van der Waals surface area contributed by atoms with E-state index in [-0.39, 0.29) is 0 Å². The van der Waals surface area contributed by atoms with Crippen LogP contribution >= 0.6 is 0 Å². The van der Waals surface area contributed by atoms with Crippen molar-refractivity contribution in [3.8, 4) is 0 Å². The van der Waals surface area contributed by atoms with Crippen LogP contribution in [0.5, 0.6) is 0 Å². The fourth-order valence-electron chi connectivity index (χ4n) is 1.72. The summed E-state index contributed by atoms with van der Waals surface area (Å²) in [7, 11) is 0. The Morgan fingerprint density at radius 2 is 1.27 bits per heavy atom. The third-order valence-corrected chi connectivity index (χ3v) is 2.76. The van der Waals surface area contributed by atoms with E-state index in [0.717, 1.165) is 6.42 Å². The maximum atomic E-state index is 3.84. The highest BCUT2D eigenvalue weighted by molar-refractivity contribution is 4.81. The molecule has 0 aromatic carbocycles. The minimum absolute atomic E-state index is 1.09. The van der Waals surface area contributed by atoms with E-state index in [0.29, 0.717) is 0 Å². The van der Waals surface area contributed by atoms with Crippen LogP contribution < -0.4 is 0 Å². The monoisotopic (exact) mass is 209 g/mol. The molecule has 0 saturated heterocycles. The Hall–Kier alpha value is -0.260. The Balaban J connectivity index is 2.96. The van der Waals surface area contributed by atoms with Crippen LogP contribution in [0.2, 0.25) is 0 Å². The van der Waals surface area contributed by atoms with Crippen LogP contribution in [-0.4, -0.2) is 0 Å². The van der Waals surface area contributed by atoms with Gasteiger partial charge in [-0.05, 0) is 25.7 Å². The van der Waals surface area contributed by atoms with Crippen molar-refractivity contribution in [3.05, 3.63) is 19.1 Å². The highest BCUT2D eigenvalue weighted by Gasteiger charge is 1.88. The van der Waals surface area contributed by atoms with Crippen molar-refractivity contribution in [1.29, 1.82) is 0 Å². The lowest BCUT2D eigenvalue weighted by Gasteiger charge is -1.97. The van der Waals surface area contributed by atoms with Gasteiger partial charge >= 0.3 is 0 Å². The van der Waals surface area contributed by atoms with Crippen LogP contribution in [-0.2, 0) is 0 Å². The van der Waals surface area contributed by atoms with Gasteiger partial charge in [0.05, 0.1) is 0 Å². The number of hydrogen-bond donors (Lipinski definition) is 0. The van der Waals surface area contributed by atoms with Gasteiger partial charge in [-0.25, -0.2) is 0 Å². The van der Waals surface area contributed by atoms with E-state index in [4.69, 9.17) is 0 Å².